The molecule has 182 valence electrons. The minimum atomic E-state index is -1.55. The van der Waals surface area contributed by atoms with Crippen molar-refractivity contribution in [2.75, 3.05) is 13.2 Å². The highest BCUT2D eigenvalue weighted by atomic mass is 16.7. The van der Waals surface area contributed by atoms with Crippen LogP contribution in [0, 0.1) is 0 Å². The molecule has 14 atom stereocenters. The Morgan fingerprint density at radius 1 is 0.742 bits per heavy atom. The summed E-state index contributed by atoms with van der Waals surface area (Å²) < 4.78 is 22.3. The number of hydrogen-bond donors (Lipinski definition) is 10. The van der Waals surface area contributed by atoms with Gasteiger partial charge in [0.25, 0.3) is 0 Å². The molecule has 1 aliphatic carbocycles. The lowest BCUT2D eigenvalue weighted by atomic mass is 9.85. The van der Waals surface area contributed by atoms with Gasteiger partial charge in [-0.2, -0.15) is 0 Å². The minimum absolute atomic E-state index is 0.0743. The van der Waals surface area contributed by atoms with E-state index in [4.69, 9.17) is 36.1 Å². The lowest BCUT2D eigenvalue weighted by Crippen LogP contribution is -2.67. The van der Waals surface area contributed by atoms with Crippen molar-refractivity contribution in [3.05, 3.63) is 0 Å². The van der Waals surface area contributed by atoms with E-state index in [9.17, 15) is 35.7 Å². The Hall–Kier alpha value is -0.560. The van der Waals surface area contributed by atoms with Gasteiger partial charge in [0.1, 0.15) is 54.9 Å². The zero-order chi connectivity index (χ0) is 23.0. The highest BCUT2D eigenvalue weighted by Gasteiger charge is 2.52. The van der Waals surface area contributed by atoms with Gasteiger partial charge in [-0.25, -0.2) is 0 Å². The minimum Gasteiger partial charge on any atom is -0.394 e. The first kappa shape index (κ1) is 25.1. The third-order valence-corrected chi connectivity index (χ3v) is 6.05. The lowest BCUT2D eigenvalue weighted by Gasteiger charge is -2.47. The van der Waals surface area contributed by atoms with Crippen molar-refractivity contribution >= 4 is 0 Å². The molecule has 0 bridgehead atoms. The molecule has 0 unspecified atom stereocenters. The first-order chi connectivity index (χ1) is 14.6. The standard InChI is InChI=1S/C17H33N3O11/c18-2-6-10(24)12(26)8(20)16(28-6)30-14-4(19)1-5(22)9(23)15(14)31-17-13(27)11(25)7(3-21)29-17/h4-17,21-27H,1-3,18-20H2/t4-,5+,6+,7+,8-,9-,10-,11-,12+,13+,14+,15-,16+,17-/m0/s1. The zero-order valence-corrected chi connectivity index (χ0v) is 16.7. The molecule has 0 aromatic carbocycles. The van der Waals surface area contributed by atoms with E-state index in [1.807, 2.05) is 0 Å². The first-order valence-electron chi connectivity index (χ1n) is 10.1. The van der Waals surface area contributed by atoms with E-state index >= 15 is 0 Å². The highest BCUT2D eigenvalue weighted by molar-refractivity contribution is 5.00. The van der Waals surface area contributed by atoms with Crippen LogP contribution >= 0.6 is 0 Å². The van der Waals surface area contributed by atoms with Crippen LogP contribution in [0.15, 0.2) is 0 Å². The van der Waals surface area contributed by atoms with Gasteiger partial charge in [-0.1, -0.05) is 0 Å². The van der Waals surface area contributed by atoms with Crippen molar-refractivity contribution in [1.29, 1.82) is 0 Å². The van der Waals surface area contributed by atoms with Crippen LogP contribution in [0.4, 0.5) is 0 Å². The summed E-state index contributed by atoms with van der Waals surface area (Å²) >= 11 is 0. The third kappa shape index (κ3) is 4.87. The Morgan fingerprint density at radius 2 is 1.32 bits per heavy atom. The van der Waals surface area contributed by atoms with E-state index in [-0.39, 0.29) is 13.0 Å². The molecule has 14 heteroatoms. The van der Waals surface area contributed by atoms with Crippen molar-refractivity contribution in [3.8, 4) is 0 Å². The summed E-state index contributed by atoms with van der Waals surface area (Å²) in [7, 11) is 0. The summed E-state index contributed by atoms with van der Waals surface area (Å²) in [5, 5.41) is 70.1. The van der Waals surface area contributed by atoms with Crippen LogP contribution in [-0.4, -0.2) is 135 Å². The molecule has 3 rings (SSSR count). The van der Waals surface area contributed by atoms with Gasteiger partial charge in [-0.15, -0.1) is 0 Å². The second kappa shape index (κ2) is 10.1. The first-order valence-corrected chi connectivity index (χ1v) is 10.1. The van der Waals surface area contributed by atoms with Gasteiger partial charge >= 0.3 is 0 Å². The van der Waals surface area contributed by atoms with Gasteiger partial charge in [0.15, 0.2) is 12.6 Å². The van der Waals surface area contributed by atoms with Crippen molar-refractivity contribution in [2.45, 2.75) is 92.1 Å². The van der Waals surface area contributed by atoms with Crippen LogP contribution < -0.4 is 17.2 Å². The molecule has 0 aromatic heterocycles. The summed E-state index contributed by atoms with van der Waals surface area (Å²) in [5.74, 6) is 0. The van der Waals surface area contributed by atoms with Crippen LogP contribution in [-0.2, 0) is 18.9 Å². The zero-order valence-electron chi connectivity index (χ0n) is 16.7. The molecule has 14 nitrogen and oxygen atoms in total. The van der Waals surface area contributed by atoms with Gasteiger partial charge in [0.05, 0.1) is 18.8 Å². The van der Waals surface area contributed by atoms with Crippen molar-refractivity contribution in [2.24, 2.45) is 17.2 Å². The highest BCUT2D eigenvalue weighted by Crippen LogP contribution is 2.32. The molecule has 0 radical (unpaired) electrons. The predicted molar refractivity (Wildman–Crippen MR) is 99.8 cm³/mol. The molecule has 0 spiro atoms. The average molecular weight is 455 g/mol. The summed E-state index contributed by atoms with van der Waals surface area (Å²) in [6.07, 6.45) is -16.0. The average Bonchev–Trinajstić information content (AvgIpc) is 3.02. The van der Waals surface area contributed by atoms with Crippen molar-refractivity contribution in [3.63, 3.8) is 0 Å². The van der Waals surface area contributed by atoms with E-state index in [2.05, 4.69) is 0 Å². The van der Waals surface area contributed by atoms with Crippen molar-refractivity contribution < 1.29 is 54.7 Å². The second-order valence-electron chi connectivity index (χ2n) is 8.20. The van der Waals surface area contributed by atoms with Crippen LogP contribution in [0.25, 0.3) is 0 Å². The molecule has 3 fully saturated rings. The van der Waals surface area contributed by atoms with Crippen LogP contribution in [0.2, 0.25) is 0 Å². The van der Waals surface area contributed by atoms with Crippen LogP contribution in [0.1, 0.15) is 6.42 Å². The number of hydrogen-bond acceptors (Lipinski definition) is 14. The lowest BCUT2D eigenvalue weighted by molar-refractivity contribution is -0.311. The van der Waals surface area contributed by atoms with Gasteiger partial charge < -0.3 is 71.9 Å². The van der Waals surface area contributed by atoms with E-state index in [1.54, 1.807) is 0 Å². The maximum atomic E-state index is 10.5. The molecule has 3 aliphatic rings. The molecule has 2 heterocycles. The van der Waals surface area contributed by atoms with Gasteiger partial charge in [-0.05, 0) is 6.42 Å². The van der Waals surface area contributed by atoms with E-state index in [0.29, 0.717) is 0 Å². The van der Waals surface area contributed by atoms with Crippen LogP contribution in [0.5, 0.6) is 0 Å². The number of rotatable bonds is 6. The Morgan fingerprint density at radius 3 is 1.90 bits per heavy atom. The number of ether oxygens (including phenoxy) is 4. The number of aliphatic hydroxyl groups excluding tert-OH is 7. The summed E-state index contributed by atoms with van der Waals surface area (Å²) in [5.41, 5.74) is 17.6. The van der Waals surface area contributed by atoms with Gasteiger partial charge in [0, 0.05) is 12.6 Å². The molecule has 2 saturated heterocycles. The molecule has 0 aromatic rings. The SMILES string of the molecule is NC[C@H]1O[C@H](O[C@H]2[C@@H](O[C@@H]3O[C@H](CO)[C@H](O)[C@H]3O)[C@@H](O)[C@H](O)C[C@@H]2N)[C@@H](N)[C@@H](O)[C@H]1O. The predicted octanol–water partition coefficient (Wildman–Crippen LogP) is -6.62. The normalized spacial score (nSPS) is 53.6. The number of aliphatic hydroxyl groups is 7. The van der Waals surface area contributed by atoms with E-state index in [0.717, 1.165) is 0 Å². The van der Waals surface area contributed by atoms with E-state index < -0.39 is 92.3 Å². The quantitative estimate of drug-likeness (QED) is 0.179. The van der Waals surface area contributed by atoms with Gasteiger partial charge in [-0.3, -0.25) is 0 Å². The topological polar surface area (TPSA) is 257 Å². The Bertz CT molecular complexity index is 590. The Kier molecular flexibility index (Phi) is 8.21. The van der Waals surface area contributed by atoms with Crippen LogP contribution in [0.3, 0.4) is 0 Å². The molecular weight excluding hydrogens is 422 g/mol. The molecule has 1 saturated carbocycles. The fraction of sp³-hybridized carbons (Fsp3) is 1.00. The Balaban J connectivity index is 1.78. The summed E-state index contributed by atoms with van der Waals surface area (Å²) in [6, 6.07) is -2.08. The molecular formula is C17H33N3O11. The van der Waals surface area contributed by atoms with Crippen molar-refractivity contribution in [1.82, 2.24) is 0 Å². The monoisotopic (exact) mass is 455 g/mol. The molecule has 31 heavy (non-hydrogen) atoms. The maximum Gasteiger partial charge on any atom is 0.187 e. The van der Waals surface area contributed by atoms with Gasteiger partial charge in [0.2, 0.25) is 0 Å². The maximum absolute atomic E-state index is 10.5. The fourth-order valence-electron chi connectivity index (χ4n) is 4.10. The third-order valence-electron chi connectivity index (χ3n) is 6.05. The largest absolute Gasteiger partial charge is 0.394 e. The fourth-order valence-corrected chi connectivity index (χ4v) is 4.10. The van der Waals surface area contributed by atoms with E-state index in [1.165, 1.54) is 0 Å². The Labute approximate surface area is 178 Å². The smallest absolute Gasteiger partial charge is 0.187 e. The summed E-state index contributed by atoms with van der Waals surface area (Å²) in [4.78, 5) is 0. The summed E-state index contributed by atoms with van der Waals surface area (Å²) in [6.45, 7) is -0.718. The second-order valence-corrected chi connectivity index (χ2v) is 8.20. The molecule has 0 amide bonds. The molecule has 13 N–H and O–H groups in total. The molecule has 2 aliphatic heterocycles. The number of nitrogens with two attached hydrogens (primary N) is 3.